The van der Waals surface area contributed by atoms with Gasteiger partial charge in [0.2, 0.25) is 0 Å². The van der Waals surface area contributed by atoms with E-state index in [-0.39, 0.29) is 22.3 Å². The molecular weight excluding hydrogens is 550 g/mol. The predicted molar refractivity (Wildman–Crippen MR) is 166 cm³/mol. The molecule has 0 aliphatic heterocycles. The maximum Gasteiger partial charge on any atom is 0.336 e. The summed E-state index contributed by atoms with van der Waals surface area (Å²) in [4.78, 5) is 35.6. The number of nitrogens with zero attached hydrogens (tertiary/aromatic N) is 2. The first-order valence-corrected chi connectivity index (χ1v) is 13.6. The van der Waals surface area contributed by atoms with Gasteiger partial charge in [0, 0.05) is 12.1 Å². The van der Waals surface area contributed by atoms with Gasteiger partial charge < -0.3 is 14.2 Å². The van der Waals surface area contributed by atoms with E-state index in [0.29, 0.717) is 11.3 Å². The monoisotopic (exact) mass is 587 g/mol. The molecule has 0 saturated heterocycles. The molecule has 0 aromatic heterocycles. The zero-order valence-corrected chi connectivity index (χ0v) is 25.2. The van der Waals surface area contributed by atoms with Crippen molar-refractivity contribution in [1.82, 2.24) is 5.43 Å². The first-order valence-electron chi connectivity index (χ1n) is 13.6. The van der Waals surface area contributed by atoms with Crippen molar-refractivity contribution in [3.63, 3.8) is 0 Å². The van der Waals surface area contributed by atoms with E-state index < -0.39 is 23.4 Å². The number of benzene rings is 3. The summed E-state index contributed by atoms with van der Waals surface area (Å²) in [6, 6.07) is 18.6. The smallest absolute Gasteiger partial charge is 0.336 e. The Labute approximate surface area is 251 Å². The van der Waals surface area contributed by atoms with Crippen molar-refractivity contribution in [2.75, 3.05) is 13.7 Å². The molecule has 0 aliphatic carbocycles. The van der Waals surface area contributed by atoms with E-state index in [4.69, 9.17) is 14.2 Å². The molecule has 10 heteroatoms. The van der Waals surface area contributed by atoms with Crippen molar-refractivity contribution in [1.29, 1.82) is 0 Å². The summed E-state index contributed by atoms with van der Waals surface area (Å²) in [5.74, 6) is -0.0545. The standard InChI is InChI=1S/C33H37N3O7/c1-32(2,3)22-33(4,5)25-12-17-29(28(19-25)36(39)40)42-21-30(37)35-34-20-24-9-15-27(16-10-24)43-31(38)18-11-23-7-13-26(41-6)14-8-23/h7-20H,21-22H2,1-6H3,(H,35,37). The van der Waals surface area contributed by atoms with Gasteiger partial charge in [-0.3, -0.25) is 14.9 Å². The Morgan fingerprint density at radius 2 is 1.56 bits per heavy atom. The third-order valence-corrected chi connectivity index (χ3v) is 6.30. The predicted octanol–water partition coefficient (Wildman–Crippen LogP) is 6.47. The number of esters is 1. The number of carbonyl (C=O) groups excluding carboxylic acids is 2. The number of methoxy groups -OCH3 is 1. The fourth-order valence-corrected chi connectivity index (χ4v) is 4.64. The molecule has 0 bridgehead atoms. The Bertz CT molecular complexity index is 1490. The molecule has 0 fully saturated rings. The Hall–Kier alpha value is -4.99. The molecule has 0 atom stereocenters. The quantitative estimate of drug-likeness (QED) is 0.0642. The Morgan fingerprint density at radius 3 is 2.16 bits per heavy atom. The number of nitro groups is 1. The first kappa shape index (κ1) is 32.5. The molecule has 0 aliphatic rings. The number of amides is 1. The van der Waals surface area contributed by atoms with E-state index in [9.17, 15) is 19.7 Å². The van der Waals surface area contributed by atoms with Crippen molar-refractivity contribution in [3.05, 3.63) is 99.6 Å². The number of nitrogens with one attached hydrogen (secondary N) is 1. The molecular formula is C33H37N3O7. The molecule has 0 heterocycles. The van der Waals surface area contributed by atoms with Crippen LogP contribution in [0.15, 0.2) is 77.9 Å². The van der Waals surface area contributed by atoms with Gasteiger partial charge in [0.25, 0.3) is 5.91 Å². The molecule has 226 valence electrons. The highest BCUT2D eigenvalue weighted by Crippen LogP contribution is 2.39. The second kappa shape index (κ2) is 14.3. The summed E-state index contributed by atoms with van der Waals surface area (Å²) in [5.41, 5.74) is 4.16. The van der Waals surface area contributed by atoms with Crippen LogP contribution in [0.3, 0.4) is 0 Å². The summed E-state index contributed by atoms with van der Waals surface area (Å²) in [7, 11) is 1.58. The molecule has 10 nitrogen and oxygen atoms in total. The average Bonchev–Trinajstić information content (AvgIpc) is 2.94. The lowest BCUT2D eigenvalue weighted by atomic mass is 9.72. The molecule has 0 radical (unpaired) electrons. The minimum absolute atomic E-state index is 0.00317. The van der Waals surface area contributed by atoms with Crippen LogP contribution in [-0.2, 0) is 15.0 Å². The first-order chi connectivity index (χ1) is 20.3. The van der Waals surface area contributed by atoms with E-state index in [2.05, 4.69) is 31.3 Å². The molecule has 3 rings (SSSR count). The van der Waals surface area contributed by atoms with Crippen LogP contribution in [-0.4, -0.2) is 36.7 Å². The molecule has 43 heavy (non-hydrogen) atoms. The zero-order valence-electron chi connectivity index (χ0n) is 25.2. The molecule has 3 aromatic carbocycles. The number of hydrazone groups is 1. The van der Waals surface area contributed by atoms with E-state index in [1.165, 1.54) is 24.4 Å². The number of hydrogen-bond donors (Lipinski definition) is 1. The largest absolute Gasteiger partial charge is 0.497 e. The maximum absolute atomic E-state index is 12.3. The van der Waals surface area contributed by atoms with Crippen LogP contribution in [0.2, 0.25) is 0 Å². The zero-order chi connectivity index (χ0) is 31.6. The number of hydrogen-bond acceptors (Lipinski definition) is 8. The Morgan fingerprint density at radius 1 is 0.930 bits per heavy atom. The Kier molecular flexibility index (Phi) is 10.8. The van der Waals surface area contributed by atoms with Gasteiger partial charge in [-0.15, -0.1) is 0 Å². The number of nitro benzene ring substituents is 1. The van der Waals surface area contributed by atoms with Gasteiger partial charge in [-0.1, -0.05) is 52.8 Å². The van der Waals surface area contributed by atoms with Crippen LogP contribution >= 0.6 is 0 Å². The summed E-state index contributed by atoms with van der Waals surface area (Å²) in [5, 5.41) is 15.6. The van der Waals surface area contributed by atoms with Gasteiger partial charge in [0.1, 0.15) is 11.5 Å². The van der Waals surface area contributed by atoms with E-state index in [1.54, 1.807) is 55.7 Å². The minimum Gasteiger partial charge on any atom is -0.497 e. The molecule has 1 N–H and O–H groups in total. The second-order valence-electron chi connectivity index (χ2n) is 11.7. The molecule has 1 amide bonds. The van der Waals surface area contributed by atoms with Gasteiger partial charge >= 0.3 is 11.7 Å². The molecule has 0 spiro atoms. The van der Waals surface area contributed by atoms with E-state index >= 15 is 0 Å². The SMILES string of the molecule is COc1ccc(C=CC(=O)Oc2ccc(C=NNC(=O)COc3ccc(C(C)(C)CC(C)(C)C)cc3[N+](=O)[O-])cc2)cc1. The fourth-order valence-electron chi connectivity index (χ4n) is 4.64. The molecule has 0 unspecified atom stereocenters. The summed E-state index contributed by atoms with van der Waals surface area (Å²) >= 11 is 0. The summed E-state index contributed by atoms with van der Waals surface area (Å²) < 4.78 is 15.9. The van der Waals surface area contributed by atoms with Crippen molar-refractivity contribution in [2.24, 2.45) is 10.5 Å². The van der Waals surface area contributed by atoms with Crippen molar-refractivity contribution < 1.29 is 28.7 Å². The van der Waals surface area contributed by atoms with Crippen LogP contribution in [0, 0.1) is 15.5 Å². The fraction of sp³-hybridized carbons (Fsp3) is 0.303. The minimum atomic E-state index is -0.586. The number of ether oxygens (including phenoxy) is 3. The van der Waals surface area contributed by atoms with Crippen molar-refractivity contribution >= 4 is 29.9 Å². The lowest BCUT2D eigenvalue weighted by Gasteiger charge is -2.33. The van der Waals surface area contributed by atoms with Crippen LogP contribution in [0.4, 0.5) is 5.69 Å². The highest BCUT2D eigenvalue weighted by atomic mass is 16.6. The van der Waals surface area contributed by atoms with E-state index in [0.717, 1.165) is 23.3 Å². The van der Waals surface area contributed by atoms with Gasteiger partial charge in [-0.2, -0.15) is 5.10 Å². The third kappa shape index (κ3) is 10.4. The van der Waals surface area contributed by atoms with Crippen LogP contribution < -0.4 is 19.6 Å². The summed E-state index contributed by atoms with van der Waals surface area (Å²) in [6.07, 6.45) is 5.19. The van der Waals surface area contributed by atoms with Crippen LogP contribution in [0.25, 0.3) is 6.08 Å². The highest BCUT2D eigenvalue weighted by Gasteiger charge is 2.30. The number of carbonyl (C=O) groups is 2. The van der Waals surface area contributed by atoms with Crippen molar-refractivity contribution in [2.45, 2.75) is 46.5 Å². The molecule has 0 saturated carbocycles. The maximum atomic E-state index is 12.3. The second-order valence-corrected chi connectivity index (χ2v) is 11.7. The molecule has 3 aromatic rings. The average molecular weight is 588 g/mol. The highest BCUT2D eigenvalue weighted by molar-refractivity contribution is 5.89. The lowest BCUT2D eigenvalue weighted by Crippen LogP contribution is -2.26. The van der Waals surface area contributed by atoms with Gasteiger partial charge in [-0.05, 0) is 82.5 Å². The van der Waals surface area contributed by atoms with Crippen LogP contribution in [0.5, 0.6) is 17.2 Å². The van der Waals surface area contributed by atoms with Gasteiger partial charge in [0.15, 0.2) is 12.4 Å². The van der Waals surface area contributed by atoms with Crippen LogP contribution in [0.1, 0.15) is 57.7 Å². The van der Waals surface area contributed by atoms with E-state index in [1.807, 2.05) is 26.0 Å². The summed E-state index contributed by atoms with van der Waals surface area (Å²) in [6.45, 7) is 10.0. The van der Waals surface area contributed by atoms with Gasteiger partial charge in [0.05, 0.1) is 18.2 Å². The number of rotatable bonds is 12. The topological polar surface area (TPSA) is 129 Å². The van der Waals surface area contributed by atoms with Crippen molar-refractivity contribution in [3.8, 4) is 17.2 Å². The Balaban J connectivity index is 1.50. The normalized spacial score (nSPS) is 11.9. The third-order valence-electron chi connectivity index (χ3n) is 6.30. The van der Waals surface area contributed by atoms with Gasteiger partial charge in [-0.25, -0.2) is 10.2 Å². The lowest BCUT2D eigenvalue weighted by molar-refractivity contribution is -0.385.